The van der Waals surface area contributed by atoms with E-state index in [1.54, 1.807) is 17.0 Å². The lowest BCUT2D eigenvalue weighted by Gasteiger charge is -2.34. The number of pyridine rings is 1. The Hall–Kier alpha value is -3.96. The summed E-state index contributed by atoms with van der Waals surface area (Å²) >= 11 is 0. The molecule has 1 aliphatic rings. The van der Waals surface area contributed by atoms with Crippen LogP contribution in [0.4, 0.5) is 14.9 Å². The number of carbonyl (C=O) groups is 1. The molecule has 2 amide bonds. The van der Waals surface area contributed by atoms with Crippen molar-refractivity contribution >= 4 is 11.7 Å². The Labute approximate surface area is 185 Å². The molecule has 32 heavy (non-hydrogen) atoms. The van der Waals surface area contributed by atoms with Crippen molar-refractivity contribution in [3.05, 3.63) is 83.8 Å². The van der Waals surface area contributed by atoms with Gasteiger partial charge in [0.15, 0.2) is 0 Å². The summed E-state index contributed by atoms with van der Waals surface area (Å²) in [6, 6.07) is 18.6. The molecule has 0 radical (unpaired) electrons. The molecule has 0 spiro atoms. The Morgan fingerprint density at radius 2 is 1.75 bits per heavy atom. The van der Waals surface area contributed by atoms with Gasteiger partial charge in [0, 0.05) is 38.8 Å². The van der Waals surface area contributed by atoms with Crippen LogP contribution in [-0.4, -0.2) is 47.0 Å². The van der Waals surface area contributed by atoms with E-state index in [4.69, 9.17) is 10.00 Å². The summed E-state index contributed by atoms with van der Waals surface area (Å²) in [6.07, 6.45) is 1.53. The van der Waals surface area contributed by atoms with E-state index in [1.165, 1.54) is 30.5 Å². The molecule has 1 aliphatic heterocycles. The van der Waals surface area contributed by atoms with Crippen LogP contribution in [0.1, 0.15) is 11.1 Å². The highest BCUT2D eigenvalue weighted by molar-refractivity contribution is 5.89. The highest BCUT2D eigenvalue weighted by atomic mass is 19.1. The second-order valence-electron chi connectivity index (χ2n) is 7.44. The van der Waals surface area contributed by atoms with Crippen molar-refractivity contribution < 1.29 is 13.9 Å². The molecule has 7 nitrogen and oxygen atoms in total. The van der Waals surface area contributed by atoms with Gasteiger partial charge >= 0.3 is 6.03 Å². The molecule has 162 valence electrons. The van der Waals surface area contributed by atoms with Gasteiger partial charge in [-0.3, -0.25) is 4.90 Å². The topological polar surface area (TPSA) is 81.5 Å². The predicted octanol–water partition coefficient (Wildman–Crippen LogP) is 4.23. The van der Waals surface area contributed by atoms with Crippen LogP contribution < -0.4 is 10.1 Å². The number of ether oxygens (including phenoxy) is 1. The van der Waals surface area contributed by atoms with Gasteiger partial charge in [0.25, 0.3) is 0 Å². The van der Waals surface area contributed by atoms with Gasteiger partial charge in [-0.05, 0) is 48.0 Å². The Balaban J connectivity index is 1.24. The standard InChI is InChI=1S/C24H22FN5O2/c25-20-5-8-22(9-6-20)32-23-10-7-21(16-27-23)28-24(31)30-13-11-29(12-14-30)17-19-3-1-18(15-26)2-4-19/h1-10,16H,11-14,17H2,(H,28,31). The van der Waals surface area contributed by atoms with Crippen LogP contribution in [0.5, 0.6) is 11.6 Å². The van der Waals surface area contributed by atoms with Crippen LogP contribution in [0, 0.1) is 17.1 Å². The number of anilines is 1. The number of halogens is 1. The quantitative estimate of drug-likeness (QED) is 0.654. The summed E-state index contributed by atoms with van der Waals surface area (Å²) in [5.41, 5.74) is 2.37. The van der Waals surface area contributed by atoms with E-state index in [0.717, 1.165) is 25.2 Å². The van der Waals surface area contributed by atoms with Crippen LogP contribution in [0.2, 0.25) is 0 Å². The molecule has 2 aromatic carbocycles. The summed E-state index contributed by atoms with van der Waals surface area (Å²) in [7, 11) is 0. The van der Waals surface area contributed by atoms with Crippen molar-refractivity contribution in [2.24, 2.45) is 0 Å². The fourth-order valence-electron chi connectivity index (χ4n) is 3.39. The van der Waals surface area contributed by atoms with Crippen molar-refractivity contribution in [2.45, 2.75) is 6.54 Å². The zero-order valence-electron chi connectivity index (χ0n) is 17.4. The van der Waals surface area contributed by atoms with Crippen molar-refractivity contribution in [1.82, 2.24) is 14.8 Å². The number of piperazine rings is 1. The van der Waals surface area contributed by atoms with E-state index >= 15 is 0 Å². The van der Waals surface area contributed by atoms with Crippen LogP contribution in [0.25, 0.3) is 0 Å². The van der Waals surface area contributed by atoms with Gasteiger partial charge in [-0.15, -0.1) is 0 Å². The molecule has 0 unspecified atom stereocenters. The second kappa shape index (κ2) is 9.90. The number of hydrogen-bond acceptors (Lipinski definition) is 5. The molecule has 1 saturated heterocycles. The minimum absolute atomic E-state index is 0.169. The summed E-state index contributed by atoms with van der Waals surface area (Å²) in [4.78, 5) is 20.8. The summed E-state index contributed by atoms with van der Waals surface area (Å²) in [5, 5.41) is 11.8. The lowest BCUT2D eigenvalue weighted by Crippen LogP contribution is -2.49. The highest BCUT2D eigenvalue weighted by Gasteiger charge is 2.21. The van der Waals surface area contributed by atoms with E-state index in [2.05, 4.69) is 21.3 Å². The van der Waals surface area contributed by atoms with Gasteiger partial charge in [0.1, 0.15) is 11.6 Å². The normalized spacial score (nSPS) is 13.9. The molecule has 0 aliphatic carbocycles. The largest absolute Gasteiger partial charge is 0.439 e. The Kier molecular flexibility index (Phi) is 6.58. The van der Waals surface area contributed by atoms with Crippen molar-refractivity contribution in [2.75, 3.05) is 31.5 Å². The Bertz CT molecular complexity index is 1090. The number of aromatic nitrogens is 1. The van der Waals surface area contributed by atoms with Crippen molar-refractivity contribution in [1.29, 1.82) is 5.26 Å². The number of amides is 2. The minimum Gasteiger partial charge on any atom is -0.439 e. The van der Waals surface area contributed by atoms with Gasteiger partial charge in [0.2, 0.25) is 5.88 Å². The number of urea groups is 1. The lowest BCUT2D eigenvalue weighted by molar-refractivity contribution is 0.143. The molecule has 3 aromatic rings. The smallest absolute Gasteiger partial charge is 0.321 e. The molecule has 2 heterocycles. The van der Waals surface area contributed by atoms with Gasteiger partial charge < -0.3 is 15.0 Å². The lowest BCUT2D eigenvalue weighted by atomic mass is 10.1. The van der Waals surface area contributed by atoms with Crippen molar-refractivity contribution in [3.8, 4) is 17.7 Å². The summed E-state index contributed by atoms with van der Waals surface area (Å²) in [6.45, 7) is 3.59. The van der Waals surface area contributed by atoms with E-state index in [9.17, 15) is 9.18 Å². The third-order valence-corrected chi connectivity index (χ3v) is 5.17. The predicted molar refractivity (Wildman–Crippen MR) is 118 cm³/mol. The first kappa shape index (κ1) is 21.3. The number of nitriles is 1. The number of rotatable bonds is 5. The summed E-state index contributed by atoms with van der Waals surface area (Å²) < 4.78 is 18.5. The van der Waals surface area contributed by atoms with Gasteiger partial charge in [-0.25, -0.2) is 14.2 Å². The molecule has 1 N–H and O–H groups in total. The third-order valence-electron chi connectivity index (χ3n) is 5.17. The molecule has 4 rings (SSSR count). The second-order valence-corrected chi connectivity index (χ2v) is 7.44. The number of carbonyl (C=O) groups excluding carboxylic acids is 1. The maximum absolute atomic E-state index is 13.0. The Morgan fingerprint density at radius 3 is 2.38 bits per heavy atom. The average Bonchev–Trinajstić information content (AvgIpc) is 2.83. The first-order valence-electron chi connectivity index (χ1n) is 10.3. The molecule has 0 bridgehead atoms. The van der Waals surface area contributed by atoms with Gasteiger partial charge in [-0.2, -0.15) is 5.26 Å². The fourth-order valence-corrected chi connectivity index (χ4v) is 3.39. The van der Waals surface area contributed by atoms with Gasteiger partial charge in [0.05, 0.1) is 23.5 Å². The molecule has 0 atom stereocenters. The number of hydrogen-bond donors (Lipinski definition) is 1. The SMILES string of the molecule is N#Cc1ccc(CN2CCN(C(=O)Nc3ccc(Oc4ccc(F)cc4)nc3)CC2)cc1. The van der Waals surface area contributed by atoms with E-state index in [1.807, 2.05) is 24.3 Å². The average molecular weight is 431 g/mol. The zero-order chi connectivity index (χ0) is 22.3. The maximum atomic E-state index is 13.0. The molecule has 8 heteroatoms. The molecular formula is C24H22FN5O2. The highest BCUT2D eigenvalue weighted by Crippen LogP contribution is 2.21. The first-order valence-corrected chi connectivity index (χ1v) is 10.3. The van der Waals surface area contributed by atoms with Crippen molar-refractivity contribution in [3.63, 3.8) is 0 Å². The number of benzene rings is 2. The van der Waals surface area contributed by atoms with Crippen LogP contribution in [0.3, 0.4) is 0 Å². The zero-order valence-corrected chi connectivity index (χ0v) is 17.4. The van der Waals surface area contributed by atoms with Crippen LogP contribution in [0.15, 0.2) is 66.9 Å². The maximum Gasteiger partial charge on any atom is 0.321 e. The van der Waals surface area contributed by atoms with Crippen LogP contribution >= 0.6 is 0 Å². The molecule has 1 aromatic heterocycles. The number of nitrogens with zero attached hydrogens (tertiary/aromatic N) is 4. The van der Waals surface area contributed by atoms with Crippen LogP contribution in [-0.2, 0) is 6.54 Å². The Morgan fingerprint density at radius 1 is 1.03 bits per heavy atom. The van der Waals surface area contributed by atoms with Gasteiger partial charge in [-0.1, -0.05) is 12.1 Å². The summed E-state index contributed by atoms with van der Waals surface area (Å²) in [5.74, 6) is 0.499. The van der Waals surface area contributed by atoms with E-state index in [0.29, 0.717) is 36.0 Å². The van der Waals surface area contributed by atoms with E-state index < -0.39 is 0 Å². The van der Waals surface area contributed by atoms with E-state index in [-0.39, 0.29) is 11.8 Å². The fraction of sp³-hybridized carbons (Fsp3) is 0.208. The number of nitrogens with one attached hydrogen (secondary N) is 1. The minimum atomic E-state index is -0.335. The first-order chi connectivity index (χ1) is 15.6. The molecule has 0 saturated carbocycles. The molecular weight excluding hydrogens is 409 g/mol. The molecule has 1 fully saturated rings. The monoisotopic (exact) mass is 431 g/mol. The third kappa shape index (κ3) is 5.59.